The van der Waals surface area contributed by atoms with Gasteiger partial charge in [-0.2, -0.15) is 5.10 Å². The van der Waals surface area contributed by atoms with Crippen LogP contribution in [0.25, 0.3) is 0 Å². The zero-order chi connectivity index (χ0) is 17.6. The van der Waals surface area contributed by atoms with Crippen LogP contribution in [0.2, 0.25) is 0 Å². The first-order valence-corrected chi connectivity index (χ1v) is 8.92. The van der Waals surface area contributed by atoms with Crippen LogP contribution < -0.4 is 5.32 Å². The monoisotopic (exact) mass is 471 g/mol. The van der Waals surface area contributed by atoms with Gasteiger partial charge in [-0.05, 0) is 37.0 Å². The molecule has 5 nitrogen and oxygen atoms in total. The fourth-order valence-electron chi connectivity index (χ4n) is 3.28. The highest BCUT2D eigenvalue weighted by Gasteiger charge is 2.26. The number of benzene rings is 1. The molecule has 3 rings (SSSR count). The van der Waals surface area contributed by atoms with Crippen LogP contribution in [-0.2, 0) is 13.5 Å². The second-order valence-corrected chi connectivity index (χ2v) is 6.46. The van der Waals surface area contributed by atoms with Gasteiger partial charge in [0, 0.05) is 45.3 Å². The number of nitrogens with one attached hydrogen (secondary N) is 1. The lowest BCUT2D eigenvalue weighted by molar-refractivity contribution is 0.486. The molecule has 142 valence electrons. The SMILES string of the molecule is CCNC(=NCCc1ccccc1F)N1CCC(c2cnn(C)c2)C1.I. The van der Waals surface area contributed by atoms with Crippen LogP contribution in [0.1, 0.15) is 30.4 Å². The third-order valence-electron chi connectivity index (χ3n) is 4.62. The molecule has 0 bridgehead atoms. The van der Waals surface area contributed by atoms with Crippen LogP contribution in [0.5, 0.6) is 0 Å². The maximum absolute atomic E-state index is 13.7. The lowest BCUT2D eigenvalue weighted by Crippen LogP contribution is -2.40. The minimum atomic E-state index is -0.152. The van der Waals surface area contributed by atoms with Crippen LogP contribution in [0.4, 0.5) is 4.39 Å². The van der Waals surface area contributed by atoms with Crippen molar-refractivity contribution in [3.05, 3.63) is 53.6 Å². The van der Waals surface area contributed by atoms with E-state index in [1.807, 2.05) is 30.1 Å². The number of nitrogens with zero attached hydrogens (tertiary/aromatic N) is 4. The smallest absolute Gasteiger partial charge is 0.193 e. The molecule has 1 unspecified atom stereocenters. The summed E-state index contributed by atoms with van der Waals surface area (Å²) in [5, 5.41) is 7.64. The van der Waals surface area contributed by atoms with E-state index in [4.69, 9.17) is 4.99 Å². The average molecular weight is 471 g/mol. The predicted octanol–water partition coefficient (Wildman–Crippen LogP) is 3.17. The molecule has 1 saturated heterocycles. The normalized spacial score (nSPS) is 17.3. The van der Waals surface area contributed by atoms with E-state index >= 15 is 0 Å². The second kappa shape index (κ2) is 9.89. The second-order valence-electron chi connectivity index (χ2n) is 6.46. The topological polar surface area (TPSA) is 45.5 Å². The van der Waals surface area contributed by atoms with E-state index in [0.717, 1.165) is 37.6 Å². The molecule has 1 atom stereocenters. The number of rotatable bonds is 5. The minimum Gasteiger partial charge on any atom is -0.357 e. The number of aryl methyl sites for hydroxylation is 1. The Labute approximate surface area is 171 Å². The Bertz CT molecular complexity index is 730. The fraction of sp³-hybridized carbons (Fsp3) is 0.474. The molecule has 1 aliphatic heterocycles. The Morgan fingerprint density at radius 1 is 1.38 bits per heavy atom. The Hall–Kier alpha value is -1.64. The Morgan fingerprint density at radius 3 is 2.88 bits per heavy atom. The first kappa shape index (κ1) is 20.7. The van der Waals surface area contributed by atoms with Crippen molar-refractivity contribution in [2.75, 3.05) is 26.2 Å². The number of hydrogen-bond donors (Lipinski definition) is 1. The minimum absolute atomic E-state index is 0. The van der Waals surface area contributed by atoms with Crippen molar-refractivity contribution in [3.8, 4) is 0 Å². The largest absolute Gasteiger partial charge is 0.357 e. The third-order valence-corrected chi connectivity index (χ3v) is 4.62. The predicted molar refractivity (Wildman–Crippen MR) is 114 cm³/mol. The van der Waals surface area contributed by atoms with Crippen LogP contribution in [0, 0.1) is 5.82 Å². The molecule has 7 heteroatoms. The summed E-state index contributed by atoms with van der Waals surface area (Å²) in [5.41, 5.74) is 2.00. The van der Waals surface area contributed by atoms with Crippen LogP contribution in [0.3, 0.4) is 0 Å². The summed E-state index contributed by atoms with van der Waals surface area (Å²) in [6.45, 7) is 5.40. The summed E-state index contributed by atoms with van der Waals surface area (Å²) in [4.78, 5) is 7.00. The van der Waals surface area contributed by atoms with Crippen molar-refractivity contribution in [3.63, 3.8) is 0 Å². The van der Waals surface area contributed by atoms with Crippen molar-refractivity contribution in [2.24, 2.45) is 12.0 Å². The molecule has 1 N–H and O–H groups in total. The summed E-state index contributed by atoms with van der Waals surface area (Å²) in [5.74, 6) is 1.26. The van der Waals surface area contributed by atoms with E-state index in [1.165, 1.54) is 11.6 Å². The highest BCUT2D eigenvalue weighted by Crippen LogP contribution is 2.26. The molecule has 0 saturated carbocycles. The van der Waals surface area contributed by atoms with Crippen LogP contribution in [-0.4, -0.2) is 46.8 Å². The van der Waals surface area contributed by atoms with E-state index in [2.05, 4.69) is 28.4 Å². The van der Waals surface area contributed by atoms with Crippen molar-refractivity contribution >= 4 is 29.9 Å². The maximum atomic E-state index is 13.7. The summed E-state index contributed by atoms with van der Waals surface area (Å²) < 4.78 is 15.6. The molecule has 0 spiro atoms. The van der Waals surface area contributed by atoms with Crippen LogP contribution in [0.15, 0.2) is 41.7 Å². The Morgan fingerprint density at radius 2 is 2.19 bits per heavy atom. The molecule has 2 aromatic rings. The highest BCUT2D eigenvalue weighted by molar-refractivity contribution is 14.0. The van der Waals surface area contributed by atoms with Crippen molar-refractivity contribution in [1.29, 1.82) is 0 Å². The molecule has 0 radical (unpaired) electrons. The van der Waals surface area contributed by atoms with Gasteiger partial charge >= 0.3 is 0 Å². The quantitative estimate of drug-likeness (QED) is 0.414. The van der Waals surface area contributed by atoms with Gasteiger partial charge in [0.1, 0.15) is 5.82 Å². The molecule has 0 amide bonds. The lowest BCUT2D eigenvalue weighted by Gasteiger charge is -2.21. The van der Waals surface area contributed by atoms with Gasteiger partial charge in [-0.25, -0.2) is 4.39 Å². The van der Waals surface area contributed by atoms with Crippen LogP contribution >= 0.6 is 24.0 Å². The van der Waals surface area contributed by atoms with Gasteiger partial charge in [0.2, 0.25) is 0 Å². The summed E-state index contributed by atoms with van der Waals surface area (Å²) >= 11 is 0. The number of hydrogen-bond acceptors (Lipinski definition) is 2. The van der Waals surface area contributed by atoms with Gasteiger partial charge < -0.3 is 10.2 Å². The van der Waals surface area contributed by atoms with Gasteiger partial charge in [-0.1, -0.05) is 18.2 Å². The first-order chi connectivity index (χ1) is 12.2. The molecule has 1 fully saturated rings. The molecule has 1 aromatic heterocycles. The van der Waals surface area contributed by atoms with Gasteiger partial charge in [0.15, 0.2) is 5.96 Å². The summed E-state index contributed by atoms with van der Waals surface area (Å²) in [6.07, 6.45) is 5.76. The molecular weight excluding hydrogens is 444 g/mol. The third kappa shape index (κ3) is 5.18. The van der Waals surface area contributed by atoms with E-state index in [-0.39, 0.29) is 29.8 Å². The zero-order valence-corrected chi connectivity index (χ0v) is 17.7. The molecule has 1 aromatic carbocycles. The Balaban J connectivity index is 0.00000243. The van der Waals surface area contributed by atoms with Gasteiger partial charge in [0.05, 0.1) is 6.20 Å². The van der Waals surface area contributed by atoms with E-state index in [1.54, 1.807) is 6.07 Å². The van der Waals surface area contributed by atoms with Gasteiger partial charge in [-0.15, -0.1) is 24.0 Å². The van der Waals surface area contributed by atoms with Crippen molar-refractivity contribution < 1.29 is 4.39 Å². The molecular formula is C19H27FIN5. The average Bonchev–Trinajstić information content (AvgIpc) is 3.24. The van der Waals surface area contributed by atoms with Crippen molar-refractivity contribution in [2.45, 2.75) is 25.7 Å². The van der Waals surface area contributed by atoms with Crippen molar-refractivity contribution in [1.82, 2.24) is 20.0 Å². The van der Waals surface area contributed by atoms with E-state index < -0.39 is 0 Å². The standard InChI is InChI=1S/C19H26FN5.HI/c1-3-21-19(22-10-8-15-6-4-5-7-18(15)20)25-11-9-16(14-25)17-12-23-24(2)13-17;/h4-7,12-13,16H,3,8-11,14H2,1-2H3,(H,21,22);1H. The molecule has 1 aliphatic rings. The Kier molecular flexibility index (Phi) is 7.86. The number of aromatic nitrogens is 2. The fourth-order valence-corrected chi connectivity index (χ4v) is 3.28. The van der Waals surface area contributed by atoms with E-state index in [0.29, 0.717) is 18.9 Å². The maximum Gasteiger partial charge on any atom is 0.193 e. The molecule has 0 aliphatic carbocycles. The lowest BCUT2D eigenvalue weighted by atomic mass is 10.0. The number of aliphatic imine (C=N–C) groups is 1. The zero-order valence-electron chi connectivity index (χ0n) is 15.4. The van der Waals surface area contributed by atoms with E-state index in [9.17, 15) is 4.39 Å². The molecule has 26 heavy (non-hydrogen) atoms. The summed E-state index contributed by atoms with van der Waals surface area (Å²) in [7, 11) is 1.95. The van der Waals surface area contributed by atoms with Gasteiger partial charge in [-0.3, -0.25) is 9.67 Å². The molecule has 2 heterocycles. The van der Waals surface area contributed by atoms with Gasteiger partial charge in [0.25, 0.3) is 0 Å². The number of guanidine groups is 1. The number of likely N-dealkylation sites (tertiary alicyclic amines) is 1. The number of halogens is 2. The highest BCUT2D eigenvalue weighted by atomic mass is 127. The summed E-state index contributed by atoms with van der Waals surface area (Å²) in [6, 6.07) is 6.91. The first-order valence-electron chi connectivity index (χ1n) is 8.92.